The van der Waals surface area contributed by atoms with E-state index in [9.17, 15) is 0 Å². The number of nitrogens with one attached hydrogen (secondary N) is 1. The Bertz CT molecular complexity index is 480. The van der Waals surface area contributed by atoms with Crippen molar-refractivity contribution in [2.75, 3.05) is 6.54 Å². The van der Waals surface area contributed by atoms with Gasteiger partial charge in [-0.15, -0.1) is 0 Å². The highest BCUT2D eigenvalue weighted by atomic mass is 15.0. The maximum atomic E-state index is 3.67. The van der Waals surface area contributed by atoms with Crippen LogP contribution in [-0.2, 0) is 5.54 Å². The van der Waals surface area contributed by atoms with Crippen molar-refractivity contribution in [3.05, 3.63) is 35.4 Å². The molecule has 0 amide bonds. The fourth-order valence-corrected chi connectivity index (χ4v) is 4.56. The Morgan fingerprint density at radius 1 is 1.00 bits per heavy atom. The molecular formula is C21H33N. The number of hydrogen-bond donors (Lipinski definition) is 1. The van der Waals surface area contributed by atoms with Gasteiger partial charge >= 0.3 is 0 Å². The maximum absolute atomic E-state index is 3.67. The van der Waals surface area contributed by atoms with E-state index in [1.807, 2.05) is 0 Å². The second-order valence-corrected chi connectivity index (χ2v) is 8.90. The third-order valence-corrected chi connectivity index (χ3v) is 6.34. The molecule has 1 atom stereocenters. The highest BCUT2D eigenvalue weighted by molar-refractivity contribution is 5.31. The first-order valence-electron chi connectivity index (χ1n) is 9.24. The zero-order chi connectivity index (χ0) is 15.8. The molecule has 1 aliphatic heterocycles. The summed E-state index contributed by atoms with van der Waals surface area (Å²) < 4.78 is 0. The van der Waals surface area contributed by atoms with Gasteiger partial charge in [-0.05, 0) is 80.4 Å². The van der Waals surface area contributed by atoms with Crippen LogP contribution in [0.3, 0.4) is 0 Å². The van der Waals surface area contributed by atoms with Crippen molar-refractivity contribution in [3.8, 4) is 0 Å². The smallest absolute Gasteiger partial charge is 0.0406 e. The molecule has 1 heterocycles. The van der Waals surface area contributed by atoms with Crippen LogP contribution in [0.1, 0.15) is 83.3 Å². The highest BCUT2D eigenvalue weighted by Gasteiger charge is 2.32. The van der Waals surface area contributed by atoms with Gasteiger partial charge < -0.3 is 5.32 Å². The van der Waals surface area contributed by atoms with Gasteiger partial charge in [0.05, 0.1) is 0 Å². The van der Waals surface area contributed by atoms with E-state index in [1.165, 1.54) is 44.1 Å². The first-order valence-corrected chi connectivity index (χ1v) is 9.24. The van der Waals surface area contributed by atoms with E-state index in [4.69, 9.17) is 0 Å². The fourth-order valence-electron chi connectivity index (χ4n) is 4.56. The van der Waals surface area contributed by atoms with Crippen molar-refractivity contribution >= 4 is 0 Å². The molecule has 1 unspecified atom stereocenters. The molecule has 0 radical (unpaired) electrons. The first kappa shape index (κ1) is 16.1. The summed E-state index contributed by atoms with van der Waals surface area (Å²) in [7, 11) is 0. The summed E-state index contributed by atoms with van der Waals surface area (Å²) in [5.41, 5.74) is 3.73. The molecule has 1 aliphatic carbocycles. The summed E-state index contributed by atoms with van der Waals surface area (Å²) in [5.74, 6) is 1.70. The van der Waals surface area contributed by atoms with Gasteiger partial charge in [-0.2, -0.15) is 0 Å². The Kier molecular flexibility index (Phi) is 4.38. The van der Waals surface area contributed by atoms with Gasteiger partial charge in [0.15, 0.2) is 0 Å². The lowest BCUT2D eigenvalue weighted by atomic mass is 9.68. The molecule has 22 heavy (non-hydrogen) atoms. The third-order valence-electron chi connectivity index (χ3n) is 6.34. The molecule has 122 valence electrons. The summed E-state index contributed by atoms with van der Waals surface area (Å²) in [6, 6.07) is 9.57. The maximum Gasteiger partial charge on any atom is 0.0406 e. The lowest BCUT2D eigenvalue weighted by Crippen LogP contribution is -2.33. The van der Waals surface area contributed by atoms with Crippen molar-refractivity contribution in [2.24, 2.45) is 11.3 Å². The normalized spacial score (nSPS) is 33.1. The minimum absolute atomic E-state index is 0.211. The van der Waals surface area contributed by atoms with Crippen molar-refractivity contribution in [1.29, 1.82) is 0 Å². The van der Waals surface area contributed by atoms with Crippen LogP contribution < -0.4 is 5.32 Å². The molecule has 1 saturated carbocycles. The summed E-state index contributed by atoms with van der Waals surface area (Å²) in [6.45, 7) is 10.7. The van der Waals surface area contributed by atoms with Gasteiger partial charge in [-0.25, -0.2) is 0 Å². The number of benzene rings is 1. The molecule has 1 N–H and O–H groups in total. The minimum Gasteiger partial charge on any atom is -0.308 e. The van der Waals surface area contributed by atoms with E-state index in [1.54, 1.807) is 5.56 Å². The molecule has 2 aliphatic rings. The van der Waals surface area contributed by atoms with Crippen LogP contribution in [0.4, 0.5) is 0 Å². The van der Waals surface area contributed by atoms with Crippen LogP contribution in [-0.4, -0.2) is 6.54 Å². The largest absolute Gasteiger partial charge is 0.308 e. The Morgan fingerprint density at radius 3 is 2.14 bits per heavy atom. The van der Waals surface area contributed by atoms with E-state index >= 15 is 0 Å². The average Bonchev–Trinajstić information content (AvgIpc) is 2.95. The predicted octanol–water partition coefficient (Wildman–Crippen LogP) is 5.61. The van der Waals surface area contributed by atoms with E-state index in [0.717, 1.165) is 18.4 Å². The molecule has 2 fully saturated rings. The van der Waals surface area contributed by atoms with Crippen LogP contribution in [0, 0.1) is 11.3 Å². The minimum atomic E-state index is 0.211. The van der Waals surface area contributed by atoms with Gasteiger partial charge in [-0.1, -0.05) is 45.0 Å². The Morgan fingerprint density at radius 2 is 1.64 bits per heavy atom. The van der Waals surface area contributed by atoms with Gasteiger partial charge in [0.25, 0.3) is 0 Å². The van der Waals surface area contributed by atoms with Crippen LogP contribution in [0.25, 0.3) is 0 Å². The molecule has 1 saturated heterocycles. The second kappa shape index (κ2) is 6.00. The van der Waals surface area contributed by atoms with Crippen LogP contribution in [0.2, 0.25) is 0 Å². The van der Waals surface area contributed by atoms with Gasteiger partial charge in [0.1, 0.15) is 0 Å². The van der Waals surface area contributed by atoms with Crippen LogP contribution >= 0.6 is 0 Å². The van der Waals surface area contributed by atoms with Crippen molar-refractivity contribution in [3.63, 3.8) is 0 Å². The molecule has 0 spiro atoms. The Labute approximate surface area is 136 Å². The van der Waals surface area contributed by atoms with E-state index in [2.05, 4.69) is 57.3 Å². The Hall–Kier alpha value is -0.820. The van der Waals surface area contributed by atoms with Crippen molar-refractivity contribution < 1.29 is 0 Å². The second-order valence-electron chi connectivity index (χ2n) is 8.90. The van der Waals surface area contributed by atoms with Gasteiger partial charge in [-0.3, -0.25) is 0 Å². The zero-order valence-corrected chi connectivity index (χ0v) is 14.9. The molecule has 1 nitrogen and oxygen atoms in total. The lowest BCUT2D eigenvalue weighted by Gasteiger charge is -2.37. The average molecular weight is 300 g/mol. The fraction of sp³-hybridized carbons (Fsp3) is 0.714. The number of hydrogen-bond acceptors (Lipinski definition) is 1. The first-order chi connectivity index (χ1) is 10.4. The summed E-state index contributed by atoms with van der Waals surface area (Å²) in [4.78, 5) is 0. The van der Waals surface area contributed by atoms with Gasteiger partial charge in [0, 0.05) is 5.54 Å². The Balaban J connectivity index is 1.65. The molecule has 0 aromatic heterocycles. The molecule has 3 rings (SSSR count). The SMILES string of the molecule is CC1(c2ccc(C3CCC(C(C)(C)C)CC3)cc2)CCCN1. The quantitative estimate of drug-likeness (QED) is 0.749. The molecule has 1 aromatic carbocycles. The topological polar surface area (TPSA) is 12.0 Å². The number of rotatable bonds is 2. The van der Waals surface area contributed by atoms with Gasteiger partial charge in [0.2, 0.25) is 0 Å². The predicted molar refractivity (Wildman–Crippen MR) is 95.2 cm³/mol. The van der Waals surface area contributed by atoms with E-state index < -0.39 is 0 Å². The van der Waals surface area contributed by atoms with Crippen molar-refractivity contribution in [1.82, 2.24) is 5.32 Å². The van der Waals surface area contributed by atoms with E-state index in [0.29, 0.717) is 5.41 Å². The molecular weight excluding hydrogens is 266 g/mol. The van der Waals surface area contributed by atoms with E-state index in [-0.39, 0.29) is 5.54 Å². The summed E-state index contributed by atoms with van der Waals surface area (Å²) in [6.07, 6.45) is 8.11. The standard InChI is InChI=1S/C21H33N/c1-20(2,3)18-10-6-16(7-11-18)17-8-12-19(13-9-17)21(4)14-5-15-22-21/h8-9,12-13,16,18,22H,5-7,10-11,14-15H2,1-4H3. The lowest BCUT2D eigenvalue weighted by molar-refractivity contribution is 0.169. The van der Waals surface area contributed by atoms with Crippen LogP contribution in [0.15, 0.2) is 24.3 Å². The zero-order valence-electron chi connectivity index (χ0n) is 14.9. The highest BCUT2D eigenvalue weighted by Crippen LogP contribution is 2.43. The van der Waals surface area contributed by atoms with Crippen molar-refractivity contribution in [2.45, 2.75) is 77.7 Å². The summed E-state index contributed by atoms with van der Waals surface area (Å²) >= 11 is 0. The monoisotopic (exact) mass is 299 g/mol. The van der Waals surface area contributed by atoms with Crippen LogP contribution in [0.5, 0.6) is 0 Å². The molecule has 0 bridgehead atoms. The molecule has 1 heteroatoms. The molecule has 1 aromatic rings. The summed E-state index contributed by atoms with van der Waals surface area (Å²) in [5, 5.41) is 3.67. The third kappa shape index (κ3) is 3.25.